The second kappa shape index (κ2) is 8.08. The lowest BCUT2D eigenvalue weighted by Crippen LogP contribution is -2.38. The van der Waals surface area contributed by atoms with Gasteiger partial charge in [-0.15, -0.1) is 11.3 Å². The molecular formula is C12H21N3OS. The van der Waals surface area contributed by atoms with E-state index in [0.29, 0.717) is 6.61 Å². The number of rotatable bonds is 6. The van der Waals surface area contributed by atoms with Crippen molar-refractivity contribution in [2.45, 2.75) is 20.4 Å². The van der Waals surface area contributed by atoms with E-state index in [4.69, 9.17) is 4.74 Å². The van der Waals surface area contributed by atoms with Crippen molar-refractivity contribution in [3.8, 4) is 0 Å². The summed E-state index contributed by atoms with van der Waals surface area (Å²) < 4.78 is 5.25. The molecule has 0 amide bonds. The monoisotopic (exact) mass is 255 g/mol. The van der Waals surface area contributed by atoms with Crippen LogP contribution in [-0.2, 0) is 11.3 Å². The predicted octanol–water partition coefficient (Wildman–Crippen LogP) is 1.76. The van der Waals surface area contributed by atoms with Gasteiger partial charge in [0.2, 0.25) is 0 Å². The van der Waals surface area contributed by atoms with E-state index in [1.165, 1.54) is 9.75 Å². The SMILES string of the molecule is CCOCCNC(=NC)NCc1ccc(C)s1. The van der Waals surface area contributed by atoms with Crippen molar-refractivity contribution in [2.24, 2.45) is 4.99 Å². The number of aryl methyl sites for hydroxylation is 1. The highest BCUT2D eigenvalue weighted by molar-refractivity contribution is 7.11. The molecule has 0 radical (unpaired) electrons. The summed E-state index contributed by atoms with van der Waals surface area (Å²) in [6.07, 6.45) is 0. The molecule has 0 fully saturated rings. The second-order valence-corrected chi connectivity index (χ2v) is 4.93. The predicted molar refractivity (Wildman–Crippen MR) is 73.8 cm³/mol. The van der Waals surface area contributed by atoms with Gasteiger partial charge >= 0.3 is 0 Å². The molecule has 0 atom stereocenters. The minimum atomic E-state index is 0.704. The maximum atomic E-state index is 5.25. The van der Waals surface area contributed by atoms with Crippen LogP contribution in [0.25, 0.3) is 0 Å². The van der Waals surface area contributed by atoms with Crippen LogP contribution in [0.4, 0.5) is 0 Å². The van der Waals surface area contributed by atoms with E-state index in [1.54, 1.807) is 18.4 Å². The molecular weight excluding hydrogens is 234 g/mol. The van der Waals surface area contributed by atoms with Gasteiger partial charge in [0.1, 0.15) is 0 Å². The van der Waals surface area contributed by atoms with Gasteiger partial charge in [-0.3, -0.25) is 4.99 Å². The number of nitrogens with one attached hydrogen (secondary N) is 2. The Morgan fingerprint density at radius 1 is 1.41 bits per heavy atom. The zero-order valence-corrected chi connectivity index (χ0v) is 11.6. The average Bonchev–Trinajstić information content (AvgIpc) is 2.74. The first-order valence-electron chi connectivity index (χ1n) is 5.83. The Kier molecular flexibility index (Phi) is 6.65. The van der Waals surface area contributed by atoms with Crippen LogP contribution in [0, 0.1) is 6.92 Å². The van der Waals surface area contributed by atoms with Crippen LogP contribution in [0.1, 0.15) is 16.7 Å². The summed E-state index contributed by atoms with van der Waals surface area (Å²) >= 11 is 1.80. The van der Waals surface area contributed by atoms with E-state index < -0.39 is 0 Å². The van der Waals surface area contributed by atoms with Gasteiger partial charge in [-0.1, -0.05) is 0 Å². The highest BCUT2D eigenvalue weighted by atomic mass is 32.1. The van der Waals surface area contributed by atoms with E-state index in [2.05, 4.69) is 34.7 Å². The van der Waals surface area contributed by atoms with Crippen LogP contribution >= 0.6 is 11.3 Å². The lowest BCUT2D eigenvalue weighted by atomic mass is 10.4. The minimum absolute atomic E-state index is 0.704. The topological polar surface area (TPSA) is 45.6 Å². The van der Waals surface area contributed by atoms with Gasteiger partial charge in [0.25, 0.3) is 0 Å². The highest BCUT2D eigenvalue weighted by Gasteiger charge is 1.99. The number of thiophene rings is 1. The van der Waals surface area contributed by atoms with Gasteiger partial charge in [0.05, 0.1) is 13.2 Å². The Bertz CT molecular complexity index is 349. The smallest absolute Gasteiger partial charge is 0.191 e. The third-order valence-electron chi connectivity index (χ3n) is 2.19. The van der Waals surface area contributed by atoms with Crippen LogP contribution in [-0.4, -0.2) is 32.8 Å². The normalized spacial score (nSPS) is 11.6. The molecule has 0 unspecified atom stereocenters. The van der Waals surface area contributed by atoms with Crippen molar-refractivity contribution >= 4 is 17.3 Å². The van der Waals surface area contributed by atoms with Gasteiger partial charge < -0.3 is 15.4 Å². The summed E-state index contributed by atoms with van der Waals surface area (Å²) in [5, 5.41) is 6.47. The second-order valence-electron chi connectivity index (χ2n) is 3.56. The van der Waals surface area contributed by atoms with E-state index in [0.717, 1.165) is 25.7 Å². The van der Waals surface area contributed by atoms with Crippen molar-refractivity contribution in [2.75, 3.05) is 26.8 Å². The summed E-state index contributed by atoms with van der Waals surface area (Å²) in [7, 11) is 1.77. The molecule has 0 aliphatic carbocycles. The van der Waals surface area contributed by atoms with Gasteiger partial charge in [-0.25, -0.2) is 0 Å². The Balaban J connectivity index is 2.23. The molecule has 0 spiro atoms. The molecule has 0 bridgehead atoms. The van der Waals surface area contributed by atoms with E-state index in [1.807, 2.05) is 6.92 Å². The molecule has 5 heteroatoms. The fraction of sp³-hybridized carbons (Fsp3) is 0.583. The summed E-state index contributed by atoms with van der Waals surface area (Å²) in [6, 6.07) is 4.27. The summed E-state index contributed by atoms with van der Waals surface area (Å²) in [5.41, 5.74) is 0. The Labute approximate surface area is 107 Å². The maximum Gasteiger partial charge on any atom is 0.191 e. The Hall–Kier alpha value is -1.07. The molecule has 1 aromatic heterocycles. The fourth-order valence-electron chi connectivity index (χ4n) is 1.36. The Morgan fingerprint density at radius 2 is 2.24 bits per heavy atom. The number of hydrogen-bond donors (Lipinski definition) is 2. The van der Waals surface area contributed by atoms with Crippen molar-refractivity contribution in [3.05, 3.63) is 21.9 Å². The molecule has 0 saturated carbocycles. The number of nitrogens with zero attached hydrogens (tertiary/aromatic N) is 1. The zero-order valence-electron chi connectivity index (χ0n) is 10.7. The van der Waals surface area contributed by atoms with Crippen molar-refractivity contribution in [3.63, 3.8) is 0 Å². The first-order valence-corrected chi connectivity index (χ1v) is 6.65. The molecule has 0 aromatic carbocycles. The van der Waals surface area contributed by atoms with E-state index in [-0.39, 0.29) is 0 Å². The lowest BCUT2D eigenvalue weighted by molar-refractivity contribution is 0.152. The summed E-state index contributed by atoms with van der Waals surface area (Å²) in [5.74, 6) is 0.816. The standard InChI is InChI=1S/C12H21N3OS/c1-4-16-8-7-14-12(13-3)15-9-11-6-5-10(2)17-11/h5-6H,4,7-9H2,1-3H3,(H2,13,14,15). The van der Waals surface area contributed by atoms with Crippen molar-refractivity contribution in [1.82, 2.24) is 10.6 Å². The molecule has 0 saturated heterocycles. The fourth-order valence-corrected chi connectivity index (χ4v) is 2.19. The van der Waals surface area contributed by atoms with Crippen LogP contribution in [0.3, 0.4) is 0 Å². The summed E-state index contributed by atoms with van der Waals surface area (Å²) in [4.78, 5) is 6.80. The average molecular weight is 255 g/mol. The van der Waals surface area contributed by atoms with Gasteiger partial charge in [0, 0.05) is 30.0 Å². The van der Waals surface area contributed by atoms with Crippen LogP contribution in [0.2, 0.25) is 0 Å². The largest absolute Gasteiger partial charge is 0.380 e. The molecule has 0 aliphatic heterocycles. The number of hydrogen-bond acceptors (Lipinski definition) is 3. The lowest BCUT2D eigenvalue weighted by Gasteiger charge is -2.10. The van der Waals surface area contributed by atoms with E-state index >= 15 is 0 Å². The first kappa shape index (κ1) is 14.0. The van der Waals surface area contributed by atoms with Crippen molar-refractivity contribution in [1.29, 1.82) is 0 Å². The third kappa shape index (κ3) is 5.70. The van der Waals surface area contributed by atoms with E-state index in [9.17, 15) is 0 Å². The Morgan fingerprint density at radius 3 is 2.82 bits per heavy atom. The van der Waals surface area contributed by atoms with Gasteiger partial charge in [-0.05, 0) is 26.0 Å². The molecule has 0 aliphatic rings. The van der Waals surface area contributed by atoms with Crippen molar-refractivity contribution < 1.29 is 4.74 Å². The zero-order chi connectivity index (χ0) is 12.5. The van der Waals surface area contributed by atoms with Crippen LogP contribution in [0.15, 0.2) is 17.1 Å². The third-order valence-corrected chi connectivity index (χ3v) is 3.19. The first-order chi connectivity index (χ1) is 8.26. The van der Waals surface area contributed by atoms with Crippen LogP contribution < -0.4 is 10.6 Å². The number of aliphatic imine (C=N–C) groups is 1. The summed E-state index contributed by atoms with van der Waals surface area (Å²) in [6.45, 7) is 7.15. The highest BCUT2D eigenvalue weighted by Crippen LogP contribution is 2.14. The van der Waals surface area contributed by atoms with Gasteiger partial charge in [-0.2, -0.15) is 0 Å². The molecule has 4 nitrogen and oxygen atoms in total. The quantitative estimate of drug-likeness (QED) is 0.462. The van der Waals surface area contributed by atoms with Crippen LogP contribution in [0.5, 0.6) is 0 Å². The number of ether oxygens (including phenoxy) is 1. The van der Waals surface area contributed by atoms with Gasteiger partial charge in [0.15, 0.2) is 5.96 Å². The molecule has 96 valence electrons. The number of guanidine groups is 1. The molecule has 1 rings (SSSR count). The maximum absolute atomic E-state index is 5.25. The molecule has 2 N–H and O–H groups in total. The molecule has 17 heavy (non-hydrogen) atoms. The molecule has 1 heterocycles. The minimum Gasteiger partial charge on any atom is -0.380 e. The molecule has 1 aromatic rings.